The van der Waals surface area contributed by atoms with Crippen molar-refractivity contribution in [3.05, 3.63) is 123 Å². The molecule has 2 aliphatic rings. The van der Waals surface area contributed by atoms with Gasteiger partial charge in [-0.2, -0.15) is 0 Å². The number of imide groups is 1. The zero-order chi connectivity index (χ0) is 33.2. The number of anilines is 1. The molecule has 3 N–H and O–H groups in total. The normalized spacial score (nSPS) is 20.5. The zero-order valence-electron chi connectivity index (χ0n) is 26.0. The first-order chi connectivity index (χ1) is 22.7. The smallest absolute Gasteiger partial charge is 0.271 e. The van der Waals surface area contributed by atoms with Crippen LogP contribution in [0.5, 0.6) is 5.75 Å². The van der Waals surface area contributed by atoms with Gasteiger partial charge in [-0.25, -0.2) is 4.90 Å². The maximum absolute atomic E-state index is 13.8. The zero-order valence-corrected chi connectivity index (χ0v) is 26.0. The van der Waals surface area contributed by atoms with Gasteiger partial charge >= 0.3 is 0 Å². The maximum atomic E-state index is 13.8. The van der Waals surface area contributed by atoms with Crippen molar-refractivity contribution >= 4 is 45.6 Å². The number of phenols is 1. The molecule has 47 heavy (non-hydrogen) atoms. The first-order valence-electron chi connectivity index (χ1n) is 15.8. The molecule has 0 radical (unpaired) electrons. The van der Waals surface area contributed by atoms with Gasteiger partial charge in [0.05, 0.1) is 35.2 Å². The Balaban J connectivity index is 1.31. The molecular formula is C38H36N2O7. The summed E-state index contributed by atoms with van der Waals surface area (Å²) >= 11 is 0. The van der Waals surface area contributed by atoms with Crippen LogP contribution in [0.3, 0.4) is 0 Å². The number of nitro benzene ring substituents is 1. The summed E-state index contributed by atoms with van der Waals surface area (Å²) in [5.74, 6) is -3.17. The lowest BCUT2D eigenvalue weighted by atomic mass is 9.67. The quantitative estimate of drug-likeness (QED) is 0.0584. The largest absolute Gasteiger partial charge is 0.507 e. The van der Waals surface area contributed by atoms with Gasteiger partial charge in [-0.05, 0) is 65.5 Å². The van der Waals surface area contributed by atoms with Crippen molar-refractivity contribution in [1.82, 2.24) is 0 Å². The van der Waals surface area contributed by atoms with Crippen molar-refractivity contribution in [2.75, 3.05) is 11.5 Å². The van der Waals surface area contributed by atoms with Gasteiger partial charge in [-0.3, -0.25) is 19.7 Å². The van der Waals surface area contributed by atoms with E-state index < -0.39 is 47.2 Å². The second kappa shape index (κ2) is 13.3. The Bertz CT molecular complexity index is 1920. The van der Waals surface area contributed by atoms with E-state index in [4.69, 9.17) is 0 Å². The number of hydrogen-bond acceptors (Lipinski definition) is 7. The van der Waals surface area contributed by atoms with Crippen LogP contribution in [-0.2, 0) is 9.59 Å². The summed E-state index contributed by atoms with van der Waals surface area (Å²) in [5.41, 5.74) is 4.20. The van der Waals surface area contributed by atoms with Crippen LogP contribution in [-0.4, -0.2) is 44.8 Å². The number of aliphatic hydroxyl groups is 2. The first kappa shape index (κ1) is 31.8. The molecule has 1 aliphatic heterocycles. The summed E-state index contributed by atoms with van der Waals surface area (Å²) in [5, 5.41) is 45.9. The number of amides is 2. The van der Waals surface area contributed by atoms with Crippen LogP contribution in [0.1, 0.15) is 43.7 Å². The van der Waals surface area contributed by atoms with E-state index in [2.05, 4.69) is 6.08 Å². The van der Waals surface area contributed by atoms with E-state index in [-0.39, 0.29) is 23.5 Å². The number of carbonyl (C=O) groups excluding carboxylic acids is 2. The summed E-state index contributed by atoms with van der Waals surface area (Å²) in [6.45, 7) is 1.50. The van der Waals surface area contributed by atoms with Crippen LogP contribution in [0, 0.1) is 27.9 Å². The Labute approximate surface area is 272 Å². The van der Waals surface area contributed by atoms with E-state index in [0.29, 0.717) is 24.8 Å². The number of aliphatic hydroxyl groups excluding tert-OH is 2. The van der Waals surface area contributed by atoms with Crippen molar-refractivity contribution < 1.29 is 29.8 Å². The number of rotatable bonds is 10. The number of nitrogens with zero attached hydrogens (tertiary/aromatic N) is 2. The van der Waals surface area contributed by atoms with Crippen LogP contribution in [0.2, 0.25) is 0 Å². The topological polar surface area (TPSA) is 141 Å². The molecule has 0 aromatic heterocycles. The predicted molar refractivity (Wildman–Crippen MR) is 180 cm³/mol. The third-order valence-electron chi connectivity index (χ3n) is 9.56. The van der Waals surface area contributed by atoms with Crippen molar-refractivity contribution in [3.63, 3.8) is 0 Å². The predicted octanol–water partition coefficient (Wildman–Crippen LogP) is 6.66. The molecule has 240 valence electrons. The van der Waals surface area contributed by atoms with Gasteiger partial charge in [0, 0.05) is 23.4 Å². The lowest BCUT2D eigenvalue weighted by Crippen LogP contribution is -2.39. The van der Waals surface area contributed by atoms with Crippen molar-refractivity contribution in [2.24, 2.45) is 17.8 Å². The Hall–Kier alpha value is -5.12. The second-order valence-corrected chi connectivity index (χ2v) is 12.1. The molecule has 1 saturated heterocycles. The van der Waals surface area contributed by atoms with Gasteiger partial charge < -0.3 is 15.3 Å². The van der Waals surface area contributed by atoms with Crippen LogP contribution < -0.4 is 4.90 Å². The Morgan fingerprint density at radius 1 is 0.979 bits per heavy atom. The summed E-state index contributed by atoms with van der Waals surface area (Å²) in [4.78, 5) is 39.3. The summed E-state index contributed by atoms with van der Waals surface area (Å²) < 4.78 is 0. The number of hydrogen-bond donors (Lipinski definition) is 3. The number of carbonyl (C=O) groups is 2. The van der Waals surface area contributed by atoms with E-state index in [0.717, 1.165) is 37.9 Å². The average molecular weight is 633 g/mol. The first-order valence-corrected chi connectivity index (χ1v) is 15.8. The number of aromatic hydroxyl groups is 1. The van der Waals surface area contributed by atoms with Crippen LogP contribution in [0.15, 0.2) is 102 Å². The van der Waals surface area contributed by atoms with E-state index in [1.165, 1.54) is 24.3 Å². The highest BCUT2D eigenvalue weighted by atomic mass is 16.6. The SMILES string of the molecule is CCC1=C([C@H](O)CC/C(=C/c2ccc(O)c3ccccc23)c2ccccc2)[C@H](CO)[C@@H]2C(=O)N(c3cccc([N+](=O)[O-])c3)C(=O)[C@@H]2C1. The fourth-order valence-electron chi connectivity index (χ4n) is 7.32. The average Bonchev–Trinajstić information content (AvgIpc) is 3.35. The Kier molecular flexibility index (Phi) is 9.02. The minimum atomic E-state index is -0.985. The third-order valence-corrected chi connectivity index (χ3v) is 9.56. The molecule has 4 aromatic rings. The second-order valence-electron chi connectivity index (χ2n) is 12.1. The summed E-state index contributed by atoms with van der Waals surface area (Å²) in [6.07, 6.45) is 2.66. The van der Waals surface area contributed by atoms with Crippen LogP contribution >= 0.6 is 0 Å². The number of nitro groups is 1. The highest BCUT2D eigenvalue weighted by Crippen LogP contribution is 2.48. The van der Waals surface area contributed by atoms with Gasteiger partial charge in [0.1, 0.15) is 5.75 Å². The lowest BCUT2D eigenvalue weighted by Gasteiger charge is -2.36. The highest BCUT2D eigenvalue weighted by molar-refractivity contribution is 6.22. The van der Waals surface area contributed by atoms with E-state index >= 15 is 0 Å². The van der Waals surface area contributed by atoms with Crippen molar-refractivity contribution in [2.45, 2.75) is 38.7 Å². The molecule has 0 unspecified atom stereocenters. The van der Waals surface area contributed by atoms with E-state index in [1.54, 1.807) is 6.07 Å². The summed E-state index contributed by atoms with van der Waals surface area (Å²) in [7, 11) is 0. The number of benzene rings is 4. The number of non-ortho nitro benzene ring substituents is 1. The van der Waals surface area contributed by atoms with Gasteiger partial charge in [-0.15, -0.1) is 0 Å². The minimum absolute atomic E-state index is 0.125. The van der Waals surface area contributed by atoms with Gasteiger partial charge in [0.25, 0.3) is 5.69 Å². The fraction of sp³-hybridized carbons (Fsp3) is 0.263. The molecule has 1 fully saturated rings. The molecule has 0 bridgehead atoms. The Morgan fingerprint density at radius 2 is 1.70 bits per heavy atom. The highest BCUT2D eigenvalue weighted by Gasteiger charge is 2.55. The van der Waals surface area contributed by atoms with Crippen molar-refractivity contribution in [1.29, 1.82) is 0 Å². The molecule has 9 nitrogen and oxygen atoms in total. The minimum Gasteiger partial charge on any atom is -0.507 e. The van der Waals surface area contributed by atoms with Gasteiger partial charge in [0.2, 0.25) is 11.8 Å². The molecular weight excluding hydrogens is 596 g/mol. The molecule has 4 aromatic carbocycles. The molecule has 0 spiro atoms. The molecule has 9 heteroatoms. The Morgan fingerprint density at radius 3 is 2.40 bits per heavy atom. The lowest BCUT2D eigenvalue weighted by molar-refractivity contribution is -0.384. The van der Waals surface area contributed by atoms with Gasteiger partial charge in [-0.1, -0.05) is 85.3 Å². The fourth-order valence-corrected chi connectivity index (χ4v) is 7.32. The summed E-state index contributed by atoms with van der Waals surface area (Å²) in [6, 6.07) is 26.4. The molecule has 2 amide bonds. The van der Waals surface area contributed by atoms with E-state index in [1.807, 2.05) is 67.6 Å². The van der Waals surface area contributed by atoms with Crippen LogP contribution in [0.25, 0.3) is 22.4 Å². The molecule has 6 rings (SSSR count). The van der Waals surface area contributed by atoms with E-state index in [9.17, 15) is 35.0 Å². The molecule has 1 aliphatic carbocycles. The number of fused-ring (bicyclic) bond motifs is 2. The van der Waals surface area contributed by atoms with Gasteiger partial charge in [0.15, 0.2) is 0 Å². The standard InChI is InChI=1S/C38H36N2O7/c1-2-23-20-31-36(38(45)39(37(31)44)27-11-8-12-28(21-27)40(46)47)32(22-41)35(23)34(43)18-15-25(24-9-4-3-5-10-24)19-26-16-17-33(42)30-14-7-6-13-29(26)30/h3-14,16-17,19,21,31-32,34,36,41-43H,2,15,18,20,22H2,1H3/b25-19-/t31-,32+,34-,36-/m1/s1. The van der Waals surface area contributed by atoms with Crippen molar-refractivity contribution in [3.8, 4) is 5.75 Å². The molecule has 1 heterocycles. The van der Waals surface area contributed by atoms with Crippen LogP contribution in [0.4, 0.5) is 11.4 Å². The number of allylic oxidation sites excluding steroid dienone is 2. The molecule has 4 atom stereocenters. The maximum Gasteiger partial charge on any atom is 0.271 e. The number of phenolic OH excluding ortho intramolecular Hbond substituents is 1. The third kappa shape index (κ3) is 5.95. The molecule has 0 saturated carbocycles. The monoisotopic (exact) mass is 632 g/mol.